The molecule has 0 unspecified atom stereocenters. The van der Waals surface area contributed by atoms with E-state index in [1.807, 2.05) is 12.1 Å². The first-order valence-electron chi connectivity index (χ1n) is 9.91. The third-order valence-corrected chi connectivity index (χ3v) is 6.81. The number of likely N-dealkylation sites (tertiary alicyclic amines) is 1. The maximum atomic E-state index is 13.0. The normalized spacial score (nSPS) is 32.0. The molecule has 1 amide bonds. The summed E-state index contributed by atoms with van der Waals surface area (Å²) >= 11 is 0. The van der Waals surface area contributed by atoms with Gasteiger partial charge in [0.05, 0.1) is 0 Å². The second kappa shape index (κ2) is 7.06. The van der Waals surface area contributed by atoms with Crippen LogP contribution in [-0.2, 0) is 11.2 Å². The van der Waals surface area contributed by atoms with Gasteiger partial charge in [0.25, 0.3) is 0 Å². The van der Waals surface area contributed by atoms with E-state index in [-0.39, 0.29) is 11.2 Å². The van der Waals surface area contributed by atoms with E-state index in [4.69, 9.17) is 0 Å². The summed E-state index contributed by atoms with van der Waals surface area (Å²) in [5.74, 6) is 1.04. The van der Waals surface area contributed by atoms with Gasteiger partial charge in [-0.15, -0.1) is 0 Å². The molecule has 1 atom stereocenters. The topological polar surface area (TPSA) is 32.3 Å². The number of hydrogen-bond donors (Lipinski definition) is 1. The standard InChI is InChI=1S/C21H29FN2O/c22-18-3-1-16(2-4-18)8-13-24-14-9-19(15-24)23-20(25)21-10-5-17(6-11-21)7-12-21/h1-4,17,19H,5-15H2,(H,23,25)/t17?,19-,21?/m0/s1. The summed E-state index contributed by atoms with van der Waals surface area (Å²) in [6, 6.07) is 7.09. The van der Waals surface area contributed by atoms with Crippen molar-refractivity contribution >= 4 is 5.91 Å². The Morgan fingerprint density at radius 3 is 2.48 bits per heavy atom. The van der Waals surface area contributed by atoms with Gasteiger partial charge in [0.2, 0.25) is 5.91 Å². The minimum absolute atomic E-state index is 0.0454. The molecular formula is C21H29FN2O. The van der Waals surface area contributed by atoms with Crippen LogP contribution >= 0.6 is 0 Å². The van der Waals surface area contributed by atoms with Crippen LogP contribution in [0.1, 0.15) is 50.5 Å². The van der Waals surface area contributed by atoms with E-state index in [0.29, 0.717) is 11.9 Å². The van der Waals surface area contributed by atoms with Gasteiger partial charge in [0.15, 0.2) is 0 Å². The van der Waals surface area contributed by atoms with E-state index in [9.17, 15) is 9.18 Å². The van der Waals surface area contributed by atoms with Crippen LogP contribution in [0.2, 0.25) is 0 Å². The molecule has 3 saturated carbocycles. The average molecular weight is 344 g/mol. The highest BCUT2D eigenvalue weighted by molar-refractivity contribution is 5.83. The molecule has 1 aliphatic heterocycles. The molecule has 5 rings (SSSR count). The Hall–Kier alpha value is -1.42. The van der Waals surface area contributed by atoms with Gasteiger partial charge in [0.1, 0.15) is 5.82 Å². The number of rotatable bonds is 5. The van der Waals surface area contributed by atoms with Crippen LogP contribution in [0.3, 0.4) is 0 Å². The smallest absolute Gasteiger partial charge is 0.226 e. The molecule has 136 valence electrons. The summed E-state index contributed by atoms with van der Waals surface area (Å²) in [7, 11) is 0. The van der Waals surface area contributed by atoms with Gasteiger partial charge in [-0.05, 0) is 75.0 Å². The minimum atomic E-state index is -0.177. The zero-order valence-electron chi connectivity index (χ0n) is 15.0. The Balaban J connectivity index is 1.25. The molecule has 4 heteroatoms. The molecule has 3 nitrogen and oxygen atoms in total. The van der Waals surface area contributed by atoms with Crippen LogP contribution in [0.15, 0.2) is 24.3 Å². The Kier molecular flexibility index (Phi) is 4.81. The van der Waals surface area contributed by atoms with Crippen molar-refractivity contribution in [2.45, 2.75) is 57.4 Å². The van der Waals surface area contributed by atoms with Crippen LogP contribution in [-0.4, -0.2) is 36.5 Å². The molecule has 4 aliphatic rings. The molecule has 1 aromatic carbocycles. The zero-order chi connectivity index (χ0) is 17.3. The number of benzene rings is 1. The second-order valence-corrected chi connectivity index (χ2v) is 8.40. The molecule has 0 spiro atoms. The van der Waals surface area contributed by atoms with Crippen molar-refractivity contribution in [1.29, 1.82) is 0 Å². The third-order valence-electron chi connectivity index (χ3n) is 6.81. The van der Waals surface area contributed by atoms with Crippen molar-refractivity contribution in [3.8, 4) is 0 Å². The maximum absolute atomic E-state index is 13.0. The van der Waals surface area contributed by atoms with Gasteiger partial charge in [0, 0.05) is 31.1 Å². The predicted octanol–water partition coefficient (Wildman–Crippen LogP) is 3.53. The molecule has 25 heavy (non-hydrogen) atoms. The molecule has 2 bridgehead atoms. The lowest BCUT2D eigenvalue weighted by atomic mass is 9.60. The van der Waals surface area contributed by atoms with Crippen LogP contribution in [0.25, 0.3) is 0 Å². The number of carbonyl (C=O) groups is 1. The largest absolute Gasteiger partial charge is 0.352 e. The number of carbonyl (C=O) groups excluding carboxylic acids is 1. The third kappa shape index (κ3) is 3.74. The number of halogens is 1. The van der Waals surface area contributed by atoms with Gasteiger partial charge < -0.3 is 10.2 Å². The fraction of sp³-hybridized carbons (Fsp3) is 0.667. The van der Waals surface area contributed by atoms with E-state index in [0.717, 1.165) is 57.7 Å². The Morgan fingerprint density at radius 2 is 1.80 bits per heavy atom. The molecule has 3 aliphatic carbocycles. The molecular weight excluding hydrogens is 315 g/mol. The summed E-state index contributed by atoms with van der Waals surface area (Å²) in [5.41, 5.74) is 1.13. The van der Waals surface area contributed by atoms with Gasteiger partial charge >= 0.3 is 0 Å². The predicted molar refractivity (Wildman–Crippen MR) is 96.7 cm³/mol. The van der Waals surface area contributed by atoms with Crippen LogP contribution in [0.5, 0.6) is 0 Å². The van der Waals surface area contributed by atoms with E-state index in [2.05, 4.69) is 10.2 Å². The fourth-order valence-corrected chi connectivity index (χ4v) is 5.02. The molecule has 1 heterocycles. The number of amides is 1. The molecule has 1 aromatic rings. The van der Waals surface area contributed by atoms with Gasteiger partial charge in [-0.3, -0.25) is 4.79 Å². The number of nitrogens with zero attached hydrogens (tertiary/aromatic N) is 1. The highest BCUT2D eigenvalue weighted by atomic mass is 19.1. The Morgan fingerprint density at radius 1 is 1.12 bits per heavy atom. The summed E-state index contributed by atoms with van der Waals surface area (Å²) in [4.78, 5) is 15.3. The second-order valence-electron chi connectivity index (χ2n) is 8.40. The summed E-state index contributed by atoms with van der Waals surface area (Å²) < 4.78 is 13.0. The summed E-state index contributed by atoms with van der Waals surface area (Å²) in [6.07, 6.45) is 9.05. The lowest BCUT2D eigenvalue weighted by Crippen LogP contribution is -2.50. The Bertz CT molecular complexity index is 593. The highest BCUT2D eigenvalue weighted by Gasteiger charge is 2.46. The van der Waals surface area contributed by atoms with Gasteiger partial charge in [-0.25, -0.2) is 4.39 Å². The van der Waals surface area contributed by atoms with Crippen molar-refractivity contribution in [2.75, 3.05) is 19.6 Å². The quantitative estimate of drug-likeness (QED) is 0.886. The molecule has 0 aromatic heterocycles. The highest BCUT2D eigenvalue weighted by Crippen LogP contribution is 2.50. The molecule has 4 fully saturated rings. The van der Waals surface area contributed by atoms with E-state index in [1.54, 1.807) is 0 Å². The van der Waals surface area contributed by atoms with Crippen molar-refractivity contribution in [3.63, 3.8) is 0 Å². The van der Waals surface area contributed by atoms with Crippen molar-refractivity contribution in [1.82, 2.24) is 10.2 Å². The van der Waals surface area contributed by atoms with Gasteiger partial charge in [-0.1, -0.05) is 12.1 Å². The van der Waals surface area contributed by atoms with E-state index < -0.39 is 0 Å². The van der Waals surface area contributed by atoms with Crippen molar-refractivity contribution < 1.29 is 9.18 Å². The average Bonchev–Trinajstić information content (AvgIpc) is 3.10. The van der Waals surface area contributed by atoms with Crippen molar-refractivity contribution in [3.05, 3.63) is 35.6 Å². The monoisotopic (exact) mass is 344 g/mol. The number of nitrogens with one attached hydrogen (secondary N) is 1. The first-order chi connectivity index (χ1) is 12.1. The summed E-state index contributed by atoms with van der Waals surface area (Å²) in [6.45, 7) is 2.97. The van der Waals surface area contributed by atoms with E-state index in [1.165, 1.54) is 37.0 Å². The molecule has 1 N–H and O–H groups in total. The summed E-state index contributed by atoms with van der Waals surface area (Å²) in [5, 5.41) is 3.37. The fourth-order valence-electron chi connectivity index (χ4n) is 5.02. The zero-order valence-corrected chi connectivity index (χ0v) is 15.0. The Labute approximate surface area is 150 Å². The molecule has 0 radical (unpaired) electrons. The first-order valence-corrected chi connectivity index (χ1v) is 9.91. The lowest BCUT2D eigenvalue weighted by Gasteiger charge is -2.45. The van der Waals surface area contributed by atoms with Crippen LogP contribution in [0.4, 0.5) is 4.39 Å². The molecule has 1 saturated heterocycles. The maximum Gasteiger partial charge on any atom is 0.226 e. The van der Waals surface area contributed by atoms with Crippen LogP contribution < -0.4 is 5.32 Å². The SMILES string of the molecule is O=C(N[C@H]1CCN(CCc2ccc(F)cc2)C1)C12CCC(CC1)CC2. The van der Waals surface area contributed by atoms with Gasteiger partial charge in [-0.2, -0.15) is 0 Å². The van der Waals surface area contributed by atoms with Crippen molar-refractivity contribution in [2.24, 2.45) is 11.3 Å². The van der Waals surface area contributed by atoms with Crippen LogP contribution in [0, 0.1) is 17.2 Å². The minimum Gasteiger partial charge on any atom is -0.352 e. The number of hydrogen-bond acceptors (Lipinski definition) is 2. The first kappa shape index (κ1) is 17.0. The van der Waals surface area contributed by atoms with E-state index >= 15 is 0 Å². The number of fused-ring (bicyclic) bond motifs is 3. The lowest BCUT2D eigenvalue weighted by molar-refractivity contribution is -0.137.